The largest absolute Gasteiger partial charge is 0.481 e. The molecule has 0 amide bonds. The molecule has 0 spiro atoms. The van der Waals surface area contributed by atoms with Gasteiger partial charge in [0, 0.05) is 19.3 Å². The van der Waals surface area contributed by atoms with Crippen LogP contribution in [0.2, 0.25) is 0 Å². The number of aliphatic carboxylic acids is 3. The smallest absolute Gasteiger partial charge is 0.303 e. The summed E-state index contributed by atoms with van der Waals surface area (Å²) in [4.78, 5) is 33.2. The van der Waals surface area contributed by atoms with Gasteiger partial charge in [-0.15, -0.1) is 0 Å². The van der Waals surface area contributed by atoms with Crippen LogP contribution in [0, 0.1) is 0 Å². The van der Waals surface area contributed by atoms with E-state index in [1.807, 2.05) is 0 Å². The van der Waals surface area contributed by atoms with Crippen molar-refractivity contribution >= 4 is 17.9 Å². The van der Waals surface area contributed by atoms with Gasteiger partial charge in [0.25, 0.3) is 0 Å². The number of nitrogens with zero attached hydrogens (tertiary/aromatic N) is 1. The number of carboxylic acids is 3. The Hall–Kier alpha value is -1.63. The summed E-state index contributed by atoms with van der Waals surface area (Å²) in [6, 6.07) is 0. The maximum atomic E-state index is 11.1. The van der Waals surface area contributed by atoms with Crippen molar-refractivity contribution in [2.45, 2.75) is 161 Å². The van der Waals surface area contributed by atoms with Crippen LogP contribution in [0.4, 0.5) is 0 Å². The second kappa shape index (κ2) is 26.6. The van der Waals surface area contributed by atoms with Crippen molar-refractivity contribution in [1.29, 1.82) is 0 Å². The quantitative estimate of drug-likeness (QED) is 0.0583. The van der Waals surface area contributed by atoms with Crippen LogP contribution >= 0.6 is 0 Å². The molecule has 0 aromatic rings. The minimum atomic E-state index is -0.822. The molecule has 39 heavy (non-hydrogen) atoms. The van der Waals surface area contributed by atoms with Crippen molar-refractivity contribution in [2.75, 3.05) is 26.2 Å². The zero-order chi connectivity index (χ0) is 29.0. The van der Waals surface area contributed by atoms with Crippen molar-refractivity contribution in [3.8, 4) is 0 Å². The van der Waals surface area contributed by atoms with Crippen LogP contribution < -0.4 is 0 Å². The molecule has 0 saturated heterocycles. The van der Waals surface area contributed by atoms with Crippen molar-refractivity contribution in [3.63, 3.8) is 0 Å². The molecular weight excluding hydrogens is 494 g/mol. The highest BCUT2D eigenvalue weighted by Gasteiger charge is 2.27. The molecule has 0 atom stereocenters. The van der Waals surface area contributed by atoms with Crippen LogP contribution in [0.15, 0.2) is 0 Å². The third kappa shape index (κ3) is 26.4. The van der Waals surface area contributed by atoms with Gasteiger partial charge in [0.1, 0.15) is 0 Å². The van der Waals surface area contributed by atoms with Gasteiger partial charge < -0.3 is 19.8 Å². The highest BCUT2D eigenvalue weighted by Crippen LogP contribution is 2.19. The Bertz CT molecular complexity index is 559. The van der Waals surface area contributed by atoms with Crippen molar-refractivity contribution in [3.05, 3.63) is 0 Å². The van der Waals surface area contributed by atoms with E-state index >= 15 is 0 Å². The van der Waals surface area contributed by atoms with Gasteiger partial charge in [-0.25, -0.2) is 0 Å². The summed E-state index contributed by atoms with van der Waals surface area (Å²) >= 11 is 0. The Kier molecular flexibility index (Phi) is 25.5. The third-order valence-corrected chi connectivity index (χ3v) is 8.06. The van der Waals surface area contributed by atoms with Crippen LogP contribution in [0.1, 0.15) is 161 Å². The van der Waals surface area contributed by atoms with E-state index in [9.17, 15) is 14.4 Å². The van der Waals surface area contributed by atoms with E-state index in [4.69, 9.17) is 15.3 Å². The Morgan fingerprint density at radius 2 is 0.615 bits per heavy atom. The molecule has 7 heteroatoms. The summed E-state index contributed by atoms with van der Waals surface area (Å²) in [6.07, 6.45) is 25.7. The Labute approximate surface area is 239 Å². The first-order valence-electron chi connectivity index (χ1n) is 16.3. The molecule has 230 valence electrons. The zero-order valence-electron chi connectivity index (χ0n) is 25.3. The van der Waals surface area contributed by atoms with Crippen LogP contribution in [-0.4, -0.2) is 63.9 Å². The highest BCUT2D eigenvalue weighted by molar-refractivity contribution is 5.67. The van der Waals surface area contributed by atoms with E-state index in [1.165, 1.54) is 103 Å². The lowest BCUT2D eigenvalue weighted by Crippen LogP contribution is -2.51. The lowest BCUT2D eigenvalue weighted by atomic mass is 10.0. The number of rotatable bonds is 31. The van der Waals surface area contributed by atoms with Crippen molar-refractivity contribution in [1.82, 2.24) is 0 Å². The van der Waals surface area contributed by atoms with Gasteiger partial charge in [0.05, 0.1) is 45.4 Å². The fourth-order valence-electron chi connectivity index (χ4n) is 5.72. The molecule has 0 aliphatic heterocycles. The molecule has 0 aliphatic rings. The summed E-state index contributed by atoms with van der Waals surface area (Å²) in [6.45, 7) is 5.16. The maximum absolute atomic E-state index is 11.1. The topological polar surface area (TPSA) is 112 Å². The van der Waals surface area contributed by atoms with Crippen molar-refractivity contribution in [2.24, 2.45) is 0 Å². The predicted molar refractivity (Wildman–Crippen MR) is 159 cm³/mol. The van der Waals surface area contributed by atoms with Gasteiger partial charge in [-0.2, -0.15) is 0 Å². The molecule has 0 saturated carbocycles. The normalized spacial score (nSPS) is 11.6. The molecule has 0 aliphatic carbocycles. The first-order valence-corrected chi connectivity index (χ1v) is 16.3. The average Bonchev–Trinajstić information content (AvgIpc) is 2.87. The minimum Gasteiger partial charge on any atom is -0.481 e. The third-order valence-electron chi connectivity index (χ3n) is 8.06. The standard InChI is InChI=1S/C32H61NO6/c1-2-3-4-5-6-7-8-9-10-11-12-13-14-15-16-17-18-19-26-33(27-20-23-30(34)35,28-21-24-31(36)37)29-22-25-32(38)39/h2-29H2,1H3,(H2-,34,35,36,37,38,39)/p+1. The maximum Gasteiger partial charge on any atom is 0.303 e. The molecule has 0 fully saturated rings. The average molecular weight is 557 g/mol. The summed E-state index contributed by atoms with van der Waals surface area (Å²) < 4.78 is 0.646. The second-order valence-corrected chi connectivity index (χ2v) is 11.7. The van der Waals surface area contributed by atoms with E-state index in [-0.39, 0.29) is 19.3 Å². The Balaban J connectivity index is 4.12. The number of unbranched alkanes of at least 4 members (excludes halogenated alkanes) is 17. The molecule has 0 aromatic heterocycles. The number of quaternary nitrogens is 1. The Morgan fingerprint density at radius 1 is 0.385 bits per heavy atom. The fourth-order valence-corrected chi connectivity index (χ4v) is 5.72. The fraction of sp³-hybridized carbons (Fsp3) is 0.906. The lowest BCUT2D eigenvalue weighted by Gasteiger charge is -2.39. The molecule has 0 aromatic carbocycles. The summed E-state index contributed by atoms with van der Waals surface area (Å²) in [5, 5.41) is 27.3. The van der Waals surface area contributed by atoms with E-state index in [0.29, 0.717) is 43.4 Å². The zero-order valence-corrected chi connectivity index (χ0v) is 25.3. The number of carboxylic acid groups (broad SMARTS) is 3. The molecule has 0 heterocycles. The van der Waals surface area contributed by atoms with Crippen LogP contribution in [-0.2, 0) is 14.4 Å². The van der Waals surface area contributed by atoms with E-state index in [1.54, 1.807) is 0 Å². The van der Waals surface area contributed by atoms with Gasteiger partial charge in [-0.05, 0) is 12.8 Å². The molecule has 0 rings (SSSR count). The Morgan fingerprint density at radius 3 is 0.872 bits per heavy atom. The van der Waals surface area contributed by atoms with E-state index in [0.717, 1.165) is 19.4 Å². The number of hydrogen-bond acceptors (Lipinski definition) is 3. The number of carbonyl (C=O) groups is 3. The monoisotopic (exact) mass is 556 g/mol. The SMILES string of the molecule is CCCCCCCCCCCCCCCCCCCC[N+](CCCC(=O)O)(CCCC(=O)O)CCCC(=O)O. The van der Waals surface area contributed by atoms with Gasteiger partial charge in [-0.1, -0.05) is 110 Å². The van der Waals surface area contributed by atoms with E-state index in [2.05, 4.69) is 6.92 Å². The molecule has 0 unspecified atom stereocenters. The van der Waals surface area contributed by atoms with Crippen LogP contribution in [0.25, 0.3) is 0 Å². The summed E-state index contributed by atoms with van der Waals surface area (Å²) in [5.74, 6) is -2.47. The summed E-state index contributed by atoms with van der Waals surface area (Å²) in [7, 11) is 0. The lowest BCUT2D eigenvalue weighted by molar-refractivity contribution is -0.929. The minimum absolute atomic E-state index is 0.0942. The molecular formula is C32H62NO6+. The molecule has 7 nitrogen and oxygen atoms in total. The van der Waals surface area contributed by atoms with Gasteiger partial charge in [-0.3, -0.25) is 14.4 Å². The number of hydrogen-bond donors (Lipinski definition) is 3. The van der Waals surface area contributed by atoms with Gasteiger partial charge >= 0.3 is 17.9 Å². The summed E-state index contributed by atoms with van der Waals surface area (Å²) in [5.41, 5.74) is 0. The first-order chi connectivity index (χ1) is 18.8. The highest BCUT2D eigenvalue weighted by atomic mass is 16.4. The van der Waals surface area contributed by atoms with Crippen molar-refractivity contribution < 1.29 is 34.2 Å². The predicted octanol–water partition coefficient (Wildman–Crippen LogP) is 8.44. The van der Waals surface area contributed by atoms with Crippen LogP contribution in [0.5, 0.6) is 0 Å². The van der Waals surface area contributed by atoms with Gasteiger partial charge in [0.2, 0.25) is 0 Å². The van der Waals surface area contributed by atoms with Crippen LogP contribution in [0.3, 0.4) is 0 Å². The second-order valence-electron chi connectivity index (χ2n) is 11.7. The first kappa shape index (κ1) is 37.4. The molecule has 0 bridgehead atoms. The van der Waals surface area contributed by atoms with Gasteiger partial charge in [0.15, 0.2) is 0 Å². The van der Waals surface area contributed by atoms with E-state index < -0.39 is 17.9 Å². The molecule has 3 N–H and O–H groups in total. The molecule has 0 radical (unpaired) electrons.